The molecule has 2 saturated heterocycles. The zero-order valence-electron chi connectivity index (χ0n) is 25.5. The minimum Gasteiger partial charge on any atom is -0.487 e. The number of hydrogen-bond donors (Lipinski definition) is 3. The topological polar surface area (TPSA) is 173 Å². The number of aromatic nitrogens is 1. The summed E-state index contributed by atoms with van der Waals surface area (Å²) in [6.45, 7) is 2.69. The number of piperidine rings is 1. The number of aryl methyl sites for hydroxylation is 1. The third-order valence-corrected chi connectivity index (χ3v) is 10.9. The van der Waals surface area contributed by atoms with Gasteiger partial charge in [0.25, 0.3) is 0 Å². The Kier molecular flexibility index (Phi) is 13.4. The lowest BCUT2D eigenvalue weighted by Crippen LogP contribution is -2.52. The van der Waals surface area contributed by atoms with E-state index in [2.05, 4.69) is 15.3 Å². The van der Waals surface area contributed by atoms with Crippen molar-refractivity contribution in [1.29, 1.82) is 0 Å². The van der Waals surface area contributed by atoms with Crippen molar-refractivity contribution >= 4 is 86.7 Å². The van der Waals surface area contributed by atoms with E-state index in [1.54, 1.807) is 11.0 Å². The number of guanidine groups is 1. The van der Waals surface area contributed by atoms with Gasteiger partial charge in [0.05, 0.1) is 5.02 Å². The number of carbonyl (C=O) groups is 2. The van der Waals surface area contributed by atoms with E-state index in [1.807, 2.05) is 31.2 Å². The van der Waals surface area contributed by atoms with Crippen molar-refractivity contribution in [3.05, 3.63) is 63.8 Å². The number of aliphatic imine (C=N–C) groups is 1. The summed E-state index contributed by atoms with van der Waals surface area (Å²) >= 11 is 13.2. The number of amides is 2. The fraction of sp³-hybridized carbons (Fsp3) is 0.400. The normalized spacial score (nSPS) is 17.0. The van der Waals surface area contributed by atoms with E-state index in [4.69, 9.17) is 39.4 Å². The van der Waals surface area contributed by atoms with Crippen molar-refractivity contribution in [2.75, 3.05) is 26.2 Å². The fourth-order valence-electron chi connectivity index (χ4n) is 5.64. The molecule has 1 atom stereocenters. The van der Waals surface area contributed by atoms with Crippen LogP contribution >= 0.6 is 48.0 Å². The summed E-state index contributed by atoms with van der Waals surface area (Å²) in [5, 5.41) is 4.07. The Morgan fingerprint density at radius 1 is 1.04 bits per heavy atom. The van der Waals surface area contributed by atoms with Crippen LogP contribution in [0.4, 0.5) is 0 Å². The predicted octanol–water partition coefficient (Wildman–Crippen LogP) is 3.81. The summed E-state index contributed by atoms with van der Waals surface area (Å²) in [5.74, 6) is -0.222. The molecule has 0 bridgehead atoms. The van der Waals surface area contributed by atoms with Gasteiger partial charge in [0, 0.05) is 47.3 Å². The first kappa shape index (κ1) is 38.4. The van der Waals surface area contributed by atoms with Gasteiger partial charge < -0.3 is 26.4 Å². The first-order chi connectivity index (χ1) is 21.5. The number of sulfonamides is 1. The van der Waals surface area contributed by atoms with E-state index in [9.17, 15) is 18.0 Å². The Balaban J connectivity index is 0.00000300. The number of halogens is 4. The van der Waals surface area contributed by atoms with Crippen molar-refractivity contribution in [2.24, 2.45) is 16.5 Å². The molecule has 0 unspecified atom stereocenters. The van der Waals surface area contributed by atoms with E-state index in [0.717, 1.165) is 11.1 Å². The molecule has 5 rings (SSSR count). The van der Waals surface area contributed by atoms with Gasteiger partial charge in [-0.15, -0.1) is 24.8 Å². The second-order valence-corrected chi connectivity index (χ2v) is 13.7. The van der Waals surface area contributed by atoms with Gasteiger partial charge in [-0.3, -0.25) is 9.59 Å². The van der Waals surface area contributed by atoms with Crippen LogP contribution in [-0.2, 0) is 26.2 Å². The summed E-state index contributed by atoms with van der Waals surface area (Å²) in [5.41, 5.74) is 12.4. The van der Waals surface area contributed by atoms with E-state index < -0.39 is 16.1 Å². The minimum absolute atomic E-state index is 0. The molecule has 2 aliphatic heterocycles. The molecular formula is C30H37Cl4N7O5S. The second-order valence-electron chi connectivity index (χ2n) is 11.1. The average Bonchev–Trinajstić information content (AvgIpc) is 3.52. The fourth-order valence-corrected chi connectivity index (χ4v) is 8.16. The summed E-state index contributed by atoms with van der Waals surface area (Å²) in [6, 6.07) is 11.1. The molecule has 12 nitrogen and oxygen atoms in total. The molecule has 47 heavy (non-hydrogen) atoms. The number of carbonyl (C=O) groups excluding carboxylic acids is 2. The maximum atomic E-state index is 13.9. The number of nitrogens with two attached hydrogens (primary N) is 2. The standard InChI is InChI=1S/C30H35Cl2N7O5S.2ClH/c1-18-7-8-19-4-2-6-24(28(19)36-18)44-17-21-22(31)9-10-25(27(21)32)45(42,43)39-13-3-5-23(39)29(41)37-20-11-14-38(15-12-20)26(40)16-35-30(33)34;;/h2,4,6-10,20,23H,3,5,11-17H2,1H3,(H,37,41)(H4,33,34,35);2*1H/t23-;;/m0../s1. The SMILES string of the molecule is Cc1ccc2cccc(OCc3c(Cl)ccc(S(=O)(=O)N4CCC[C@H]4C(=O)NC4CCN(C(=O)CN=C(N)N)CC4)c3Cl)c2n1.Cl.Cl. The Morgan fingerprint density at radius 3 is 2.47 bits per heavy atom. The van der Waals surface area contributed by atoms with Crippen LogP contribution in [-0.4, -0.2) is 78.6 Å². The molecule has 2 fully saturated rings. The monoisotopic (exact) mass is 747 g/mol. The van der Waals surface area contributed by atoms with E-state index in [-0.39, 0.29) is 83.3 Å². The van der Waals surface area contributed by atoms with Gasteiger partial charge in [-0.1, -0.05) is 41.4 Å². The van der Waals surface area contributed by atoms with E-state index in [1.165, 1.54) is 16.4 Å². The van der Waals surface area contributed by atoms with Crippen LogP contribution in [0.1, 0.15) is 36.9 Å². The van der Waals surface area contributed by atoms with E-state index in [0.29, 0.717) is 55.6 Å². The number of pyridine rings is 1. The van der Waals surface area contributed by atoms with Crippen LogP contribution < -0.4 is 21.5 Å². The Morgan fingerprint density at radius 2 is 1.77 bits per heavy atom. The zero-order valence-corrected chi connectivity index (χ0v) is 29.5. The molecule has 5 N–H and O–H groups in total. The van der Waals surface area contributed by atoms with Gasteiger partial charge in [-0.2, -0.15) is 4.31 Å². The molecule has 17 heteroatoms. The highest BCUT2D eigenvalue weighted by Gasteiger charge is 2.41. The molecule has 2 amide bonds. The maximum Gasteiger partial charge on any atom is 0.245 e. The Bertz CT molecular complexity index is 1750. The number of para-hydroxylation sites is 1. The lowest BCUT2D eigenvalue weighted by molar-refractivity contribution is -0.131. The van der Waals surface area contributed by atoms with Crippen molar-refractivity contribution in [1.82, 2.24) is 19.5 Å². The third-order valence-electron chi connectivity index (χ3n) is 8.03. The molecule has 0 spiro atoms. The number of ether oxygens (including phenoxy) is 1. The summed E-state index contributed by atoms with van der Waals surface area (Å²) in [4.78, 5) is 35.5. The first-order valence-corrected chi connectivity index (χ1v) is 16.8. The van der Waals surface area contributed by atoms with Gasteiger partial charge in [-0.05, 0) is 56.9 Å². The van der Waals surface area contributed by atoms with Crippen molar-refractivity contribution in [3.8, 4) is 5.75 Å². The van der Waals surface area contributed by atoms with Crippen molar-refractivity contribution < 1.29 is 22.7 Å². The molecule has 2 aromatic carbocycles. The number of likely N-dealkylation sites (tertiary alicyclic amines) is 1. The predicted molar refractivity (Wildman–Crippen MR) is 187 cm³/mol. The lowest BCUT2D eigenvalue weighted by Gasteiger charge is -2.33. The van der Waals surface area contributed by atoms with Crippen LogP contribution in [0.15, 0.2) is 52.4 Å². The number of nitrogens with zero attached hydrogens (tertiary/aromatic N) is 4. The Labute approximate surface area is 296 Å². The highest BCUT2D eigenvalue weighted by molar-refractivity contribution is 7.89. The van der Waals surface area contributed by atoms with Gasteiger partial charge in [0.2, 0.25) is 21.8 Å². The van der Waals surface area contributed by atoms with Gasteiger partial charge >= 0.3 is 0 Å². The molecule has 0 radical (unpaired) electrons. The minimum atomic E-state index is -4.17. The molecule has 256 valence electrons. The molecule has 0 aliphatic carbocycles. The Hall–Kier alpha value is -3.07. The zero-order chi connectivity index (χ0) is 32.3. The molecule has 2 aliphatic rings. The van der Waals surface area contributed by atoms with Crippen LogP contribution in [0.2, 0.25) is 10.0 Å². The summed E-state index contributed by atoms with van der Waals surface area (Å²) in [6.07, 6.45) is 1.94. The van der Waals surface area contributed by atoms with Crippen LogP contribution in [0.25, 0.3) is 10.9 Å². The summed E-state index contributed by atoms with van der Waals surface area (Å²) in [7, 11) is -4.17. The molecular weight excluding hydrogens is 712 g/mol. The highest BCUT2D eigenvalue weighted by atomic mass is 35.5. The lowest BCUT2D eigenvalue weighted by atomic mass is 10.0. The number of hydrogen-bond acceptors (Lipinski definition) is 7. The number of nitrogens with one attached hydrogen (secondary N) is 1. The maximum absolute atomic E-state index is 13.9. The van der Waals surface area contributed by atoms with Crippen molar-refractivity contribution in [2.45, 2.75) is 56.2 Å². The summed E-state index contributed by atoms with van der Waals surface area (Å²) < 4.78 is 35.1. The highest BCUT2D eigenvalue weighted by Crippen LogP contribution is 2.36. The van der Waals surface area contributed by atoms with E-state index >= 15 is 0 Å². The van der Waals surface area contributed by atoms with Crippen molar-refractivity contribution in [3.63, 3.8) is 0 Å². The second kappa shape index (κ2) is 16.4. The quantitative estimate of drug-likeness (QED) is 0.219. The van der Waals surface area contributed by atoms with Gasteiger partial charge in [0.1, 0.15) is 35.4 Å². The third kappa shape index (κ3) is 8.70. The van der Waals surface area contributed by atoms with Crippen LogP contribution in [0, 0.1) is 6.92 Å². The first-order valence-electron chi connectivity index (χ1n) is 14.6. The van der Waals surface area contributed by atoms with Gasteiger partial charge in [-0.25, -0.2) is 18.4 Å². The molecule has 0 saturated carbocycles. The van der Waals surface area contributed by atoms with Crippen LogP contribution in [0.5, 0.6) is 5.75 Å². The smallest absolute Gasteiger partial charge is 0.245 e. The number of benzene rings is 2. The number of rotatable bonds is 9. The number of fused-ring (bicyclic) bond motifs is 1. The van der Waals surface area contributed by atoms with Crippen LogP contribution in [0.3, 0.4) is 0 Å². The largest absolute Gasteiger partial charge is 0.487 e. The van der Waals surface area contributed by atoms with Gasteiger partial charge in [0.15, 0.2) is 5.96 Å². The molecule has 1 aromatic heterocycles. The average molecular weight is 750 g/mol. The molecule has 3 aromatic rings. The molecule has 3 heterocycles.